The van der Waals surface area contributed by atoms with Crippen LogP contribution < -0.4 is 5.73 Å². The molecule has 0 amide bonds. The van der Waals surface area contributed by atoms with Crippen LogP contribution in [-0.2, 0) is 0 Å². The maximum absolute atomic E-state index is 5.64. The first kappa shape index (κ1) is 8.40. The third-order valence-corrected chi connectivity index (χ3v) is 1.81. The Bertz CT molecular complexity index is 142. The van der Waals surface area contributed by atoms with E-state index in [1.54, 1.807) is 0 Å². The molecule has 0 saturated heterocycles. The summed E-state index contributed by atoms with van der Waals surface area (Å²) >= 11 is 0. The quantitative estimate of drug-likeness (QED) is 0.640. The molecule has 0 aromatic rings. The van der Waals surface area contributed by atoms with Gasteiger partial charge in [0.1, 0.15) is 0 Å². The molecule has 1 atom stereocenters. The molecule has 3 nitrogen and oxygen atoms in total. The molecular weight excluding hydrogens is 138 g/mol. The van der Waals surface area contributed by atoms with Crippen molar-refractivity contribution < 1.29 is 0 Å². The molecule has 1 rings (SSSR count). The van der Waals surface area contributed by atoms with Crippen molar-refractivity contribution in [1.82, 2.24) is 9.80 Å². The van der Waals surface area contributed by atoms with Crippen LogP contribution in [-0.4, -0.2) is 36.1 Å². The minimum atomic E-state index is 0.314. The first-order chi connectivity index (χ1) is 5.18. The number of rotatable bonds is 3. The second kappa shape index (κ2) is 3.62. The SMILES string of the molecule is CC(N)CCN1C=CN(C)C1. The fourth-order valence-electron chi connectivity index (χ4n) is 1.10. The van der Waals surface area contributed by atoms with Crippen LogP contribution >= 0.6 is 0 Å². The zero-order chi connectivity index (χ0) is 8.27. The number of nitrogens with zero attached hydrogens (tertiary/aromatic N) is 2. The van der Waals surface area contributed by atoms with Crippen LogP contribution in [0.5, 0.6) is 0 Å². The highest BCUT2D eigenvalue weighted by atomic mass is 15.3. The highest BCUT2D eigenvalue weighted by molar-refractivity contribution is 4.88. The second-order valence-electron chi connectivity index (χ2n) is 3.27. The van der Waals surface area contributed by atoms with E-state index in [4.69, 9.17) is 5.73 Å². The molecule has 0 radical (unpaired) electrons. The molecule has 0 aromatic carbocycles. The van der Waals surface area contributed by atoms with Crippen molar-refractivity contribution in [3.63, 3.8) is 0 Å². The summed E-state index contributed by atoms with van der Waals surface area (Å²) in [6.45, 7) is 4.12. The zero-order valence-electron chi connectivity index (χ0n) is 7.33. The molecule has 64 valence electrons. The molecule has 1 aliphatic rings. The summed E-state index contributed by atoms with van der Waals surface area (Å²) in [5.74, 6) is 0. The Kier molecular flexibility index (Phi) is 2.76. The molecule has 0 aromatic heterocycles. The summed E-state index contributed by atoms with van der Waals surface area (Å²) in [7, 11) is 2.07. The maximum atomic E-state index is 5.64. The van der Waals surface area contributed by atoms with Gasteiger partial charge in [-0.2, -0.15) is 0 Å². The lowest BCUT2D eigenvalue weighted by atomic mass is 10.2. The van der Waals surface area contributed by atoms with Crippen LogP contribution in [0.1, 0.15) is 13.3 Å². The minimum Gasteiger partial charge on any atom is -0.362 e. The Morgan fingerprint density at radius 2 is 2.27 bits per heavy atom. The van der Waals surface area contributed by atoms with Crippen LogP contribution in [0.25, 0.3) is 0 Å². The molecule has 0 spiro atoms. The van der Waals surface area contributed by atoms with Gasteiger partial charge in [0, 0.05) is 32.0 Å². The van der Waals surface area contributed by atoms with E-state index in [2.05, 4.69) is 29.2 Å². The summed E-state index contributed by atoms with van der Waals surface area (Å²) in [5.41, 5.74) is 5.64. The smallest absolute Gasteiger partial charge is 0.0890 e. The fraction of sp³-hybridized carbons (Fsp3) is 0.750. The number of hydrogen-bond donors (Lipinski definition) is 1. The van der Waals surface area contributed by atoms with Crippen LogP contribution in [0.3, 0.4) is 0 Å². The molecule has 3 heteroatoms. The van der Waals surface area contributed by atoms with E-state index in [1.807, 2.05) is 6.92 Å². The zero-order valence-corrected chi connectivity index (χ0v) is 7.33. The third kappa shape index (κ3) is 2.80. The van der Waals surface area contributed by atoms with Crippen LogP contribution in [0.2, 0.25) is 0 Å². The van der Waals surface area contributed by atoms with Gasteiger partial charge in [0.15, 0.2) is 0 Å². The summed E-state index contributed by atoms with van der Waals surface area (Å²) in [5, 5.41) is 0. The summed E-state index contributed by atoms with van der Waals surface area (Å²) in [6.07, 6.45) is 5.27. The standard InChI is InChI=1S/C8H17N3/c1-8(9)3-4-11-6-5-10(2)7-11/h5-6,8H,3-4,7,9H2,1-2H3. The van der Waals surface area contributed by atoms with E-state index >= 15 is 0 Å². The van der Waals surface area contributed by atoms with Crippen LogP contribution in [0, 0.1) is 0 Å². The van der Waals surface area contributed by atoms with E-state index in [0.717, 1.165) is 19.6 Å². The average molecular weight is 155 g/mol. The molecule has 2 N–H and O–H groups in total. The van der Waals surface area contributed by atoms with Gasteiger partial charge < -0.3 is 15.5 Å². The summed E-state index contributed by atoms with van der Waals surface area (Å²) < 4.78 is 0. The molecule has 0 bridgehead atoms. The van der Waals surface area contributed by atoms with Crippen molar-refractivity contribution in [3.8, 4) is 0 Å². The molecular formula is C8H17N3. The highest BCUT2D eigenvalue weighted by Crippen LogP contribution is 2.04. The molecule has 0 fully saturated rings. The molecule has 11 heavy (non-hydrogen) atoms. The van der Waals surface area contributed by atoms with Gasteiger partial charge in [-0.1, -0.05) is 0 Å². The topological polar surface area (TPSA) is 32.5 Å². The van der Waals surface area contributed by atoms with Crippen LogP contribution in [0.15, 0.2) is 12.4 Å². The van der Waals surface area contributed by atoms with Crippen molar-refractivity contribution in [2.24, 2.45) is 5.73 Å². The predicted octanol–water partition coefficient (Wildman–Crippen LogP) is 0.400. The van der Waals surface area contributed by atoms with E-state index in [0.29, 0.717) is 6.04 Å². The Labute approximate surface area is 68.5 Å². The van der Waals surface area contributed by atoms with Crippen LogP contribution in [0.4, 0.5) is 0 Å². The molecule has 0 aliphatic carbocycles. The largest absolute Gasteiger partial charge is 0.362 e. The van der Waals surface area contributed by atoms with Gasteiger partial charge in [-0.05, 0) is 13.3 Å². The van der Waals surface area contributed by atoms with Crippen molar-refractivity contribution in [1.29, 1.82) is 0 Å². The molecule has 1 unspecified atom stereocenters. The molecule has 1 heterocycles. The van der Waals surface area contributed by atoms with Crippen molar-refractivity contribution in [3.05, 3.63) is 12.4 Å². The van der Waals surface area contributed by atoms with E-state index in [-0.39, 0.29) is 0 Å². The predicted molar refractivity (Wildman–Crippen MR) is 46.7 cm³/mol. The van der Waals surface area contributed by atoms with Crippen molar-refractivity contribution in [2.75, 3.05) is 20.3 Å². The Hall–Kier alpha value is -0.700. The van der Waals surface area contributed by atoms with Gasteiger partial charge in [-0.15, -0.1) is 0 Å². The Morgan fingerprint density at radius 3 is 2.73 bits per heavy atom. The van der Waals surface area contributed by atoms with E-state index in [9.17, 15) is 0 Å². The van der Waals surface area contributed by atoms with Gasteiger partial charge in [0.25, 0.3) is 0 Å². The monoisotopic (exact) mass is 155 g/mol. The van der Waals surface area contributed by atoms with E-state index in [1.165, 1.54) is 0 Å². The number of hydrogen-bond acceptors (Lipinski definition) is 3. The molecule has 0 saturated carbocycles. The Morgan fingerprint density at radius 1 is 1.55 bits per heavy atom. The summed E-state index contributed by atoms with van der Waals surface area (Å²) in [4.78, 5) is 4.42. The van der Waals surface area contributed by atoms with Gasteiger partial charge in [-0.25, -0.2) is 0 Å². The highest BCUT2D eigenvalue weighted by Gasteiger charge is 2.07. The molecule has 1 aliphatic heterocycles. The second-order valence-corrected chi connectivity index (χ2v) is 3.27. The number of nitrogens with two attached hydrogens (primary N) is 1. The minimum absolute atomic E-state index is 0.314. The Balaban J connectivity index is 2.14. The first-order valence-corrected chi connectivity index (χ1v) is 4.06. The van der Waals surface area contributed by atoms with Gasteiger partial charge >= 0.3 is 0 Å². The van der Waals surface area contributed by atoms with Gasteiger partial charge in [0.2, 0.25) is 0 Å². The van der Waals surface area contributed by atoms with E-state index < -0.39 is 0 Å². The lowest BCUT2D eigenvalue weighted by molar-refractivity contribution is 0.289. The lowest BCUT2D eigenvalue weighted by Crippen LogP contribution is -2.27. The first-order valence-electron chi connectivity index (χ1n) is 4.06. The fourth-order valence-corrected chi connectivity index (χ4v) is 1.10. The van der Waals surface area contributed by atoms with Gasteiger partial charge in [0.05, 0.1) is 6.67 Å². The summed E-state index contributed by atoms with van der Waals surface area (Å²) in [6, 6.07) is 0.314. The van der Waals surface area contributed by atoms with Crippen molar-refractivity contribution >= 4 is 0 Å². The van der Waals surface area contributed by atoms with Gasteiger partial charge in [-0.3, -0.25) is 0 Å². The normalized spacial score (nSPS) is 19.5. The maximum Gasteiger partial charge on any atom is 0.0890 e. The lowest BCUT2D eigenvalue weighted by Gasteiger charge is -2.18. The third-order valence-electron chi connectivity index (χ3n) is 1.81. The van der Waals surface area contributed by atoms with Crippen molar-refractivity contribution in [2.45, 2.75) is 19.4 Å². The average Bonchev–Trinajstić information content (AvgIpc) is 2.31.